The molecule has 0 aromatic carbocycles. The highest BCUT2D eigenvalue weighted by Gasteiger charge is 2.36. The Bertz CT molecular complexity index is 1250. The minimum absolute atomic E-state index is 0.0822. The molecule has 2 aliphatic heterocycles. The Hall–Kier alpha value is -2.95. The van der Waals surface area contributed by atoms with Gasteiger partial charge in [-0.15, -0.1) is 5.48 Å². The van der Waals surface area contributed by atoms with Crippen molar-refractivity contribution in [2.45, 2.75) is 110 Å². The van der Waals surface area contributed by atoms with Crippen molar-refractivity contribution in [3.63, 3.8) is 0 Å². The maximum absolute atomic E-state index is 12.8. The first-order valence-electron chi connectivity index (χ1n) is 15.3. The number of carbonyl (C=O) groups is 2. The molecule has 4 atom stereocenters. The minimum Gasteiger partial charge on any atom is -0.365 e. The van der Waals surface area contributed by atoms with Gasteiger partial charge in [-0.3, -0.25) is 10.1 Å². The maximum atomic E-state index is 12.8. The third-order valence-electron chi connectivity index (χ3n) is 9.81. The molecule has 4 N–H and O–H groups in total. The molecule has 0 spiro atoms. The van der Waals surface area contributed by atoms with Gasteiger partial charge in [0, 0.05) is 19.0 Å². The van der Waals surface area contributed by atoms with Crippen LogP contribution in [0.3, 0.4) is 0 Å². The molecule has 4 heterocycles. The lowest BCUT2D eigenvalue weighted by Gasteiger charge is -2.34. The summed E-state index contributed by atoms with van der Waals surface area (Å²) in [5.41, 5.74) is 4.15. The Kier molecular flexibility index (Phi) is 7.58. The zero-order chi connectivity index (χ0) is 28.0. The van der Waals surface area contributed by atoms with E-state index in [1.807, 2.05) is 0 Å². The summed E-state index contributed by atoms with van der Waals surface area (Å²) in [6.07, 6.45) is 8.69. The molecule has 0 bridgehead atoms. The topological polar surface area (TPSA) is 135 Å². The third kappa shape index (κ3) is 5.49. The lowest BCUT2D eigenvalue weighted by Crippen LogP contribution is -2.39. The van der Waals surface area contributed by atoms with Gasteiger partial charge < -0.3 is 20.0 Å². The van der Waals surface area contributed by atoms with Crippen molar-refractivity contribution in [3.8, 4) is 0 Å². The second kappa shape index (κ2) is 11.1. The summed E-state index contributed by atoms with van der Waals surface area (Å²) in [7, 11) is 0. The van der Waals surface area contributed by atoms with Crippen LogP contribution in [-0.4, -0.2) is 37.6 Å². The van der Waals surface area contributed by atoms with Crippen molar-refractivity contribution in [2.24, 2.45) is 29.6 Å². The van der Waals surface area contributed by atoms with E-state index in [2.05, 4.69) is 53.7 Å². The number of piperidine rings is 1. The lowest BCUT2D eigenvalue weighted by molar-refractivity contribution is -0.125. The molecule has 3 unspecified atom stereocenters. The predicted octanol–water partition coefficient (Wildman–Crippen LogP) is 4.72. The summed E-state index contributed by atoms with van der Waals surface area (Å²) in [4.78, 5) is 44.5. The van der Waals surface area contributed by atoms with Crippen LogP contribution >= 0.6 is 0 Å². The van der Waals surface area contributed by atoms with Gasteiger partial charge in [0.25, 0.3) is 0 Å². The normalized spacial score (nSPS) is 30.1. The van der Waals surface area contributed by atoms with Gasteiger partial charge >= 0.3 is 6.09 Å². The van der Waals surface area contributed by atoms with Crippen LogP contribution < -0.4 is 21.4 Å². The van der Waals surface area contributed by atoms with Crippen LogP contribution in [0.1, 0.15) is 109 Å². The first-order chi connectivity index (χ1) is 19.2. The van der Waals surface area contributed by atoms with Crippen LogP contribution in [0.15, 0.2) is 0 Å². The molecular weight excluding hydrogens is 508 g/mol. The lowest BCUT2D eigenvalue weighted by atomic mass is 9.80. The van der Waals surface area contributed by atoms with Gasteiger partial charge in [0.15, 0.2) is 23.5 Å². The first-order valence-corrected chi connectivity index (χ1v) is 15.3. The molecule has 2 aromatic heterocycles. The first kappa shape index (κ1) is 27.2. The van der Waals surface area contributed by atoms with Crippen LogP contribution in [-0.2, 0) is 16.2 Å². The van der Waals surface area contributed by atoms with Crippen LogP contribution in [0.25, 0.3) is 11.2 Å². The number of hydroxylamine groups is 1. The van der Waals surface area contributed by atoms with Crippen molar-refractivity contribution < 1.29 is 14.4 Å². The van der Waals surface area contributed by atoms with Gasteiger partial charge in [-0.2, -0.15) is 0 Å². The maximum Gasteiger partial charge on any atom is 0.427 e. The molecule has 40 heavy (non-hydrogen) atoms. The van der Waals surface area contributed by atoms with Gasteiger partial charge in [-0.1, -0.05) is 40.0 Å². The van der Waals surface area contributed by atoms with Gasteiger partial charge in [0.05, 0.1) is 6.04 Å². The monoisotopic (exact) mass is 552 g/mol. The largest absolute Gasteiger partial charge is 0.427 e. The molecule has 4 aliphatic rings. The van der Waals surface area contributed by atoms with Crippen molar-refractivity contribution in [2.75, 3.05) is 5.32 Å². The summed E-state index contributed by atoms with van der Waals surface area (Å²) >= 11 is 0. The van der Waals surface area contributed by atoms with Crippen molar-refractivity contribution in [1.82, 2.24) is 35.6 Å². The Morgan fingerprint density at radius 3 is 2.42 bits per heavy atom. The van der Waals surface area contributed by atoms with E-state index in [-0.39, 0.29) is 18.0 Å². The molecule has 0 radical (unpaired) electrons. The van der Waals surface area contributed by atoms with E-state index in [0.717, 1.165) is 36.0 Å². The Morgan fingerprint density at radius 2 is 1.77 bits per heavy atom. The van der Waals surface area contributed by atoms with E-state index in [9.17, 15) is 9.59 Å². The zero-order valence-corrected chi connectivity index (χ0v) is 24.2. The van der Waals surface area contributed by atoms with E-state index >= 15 is 0 Å². The van der Waals surface area contributed by atoms with Gasteiger partial charge in [-0.25, -0.2) is 19.7 Å². The smallest absolute Gasteiger partial charge is 0.365 e. The Labute approximate surface area is 236 Å². The molecule has 218 valence electrons. The van der Waals surface area contributed by atoms with E-state index in [1.165, 1.54) is 44.9 Å². The number of nitrogens with one attached hydrogen (secondary N) is 4. The number of rotatable bonds is 8. The number of hydrogen-bond donors (Lipinski definition) is 4. The van der Waals surface area contributed by atoms with E-state index in [1.54, 1.807) is 0 Å². The molecule has 6 rings (SSSR count). The zero-order valence-electron chi connectivity index (χ0n) is 24.2. The van der Waals surface area contributed by atoms with E-state index < -0.39 is 12.3 Å². The summed E-state index contributed by atoms with van der Waals surface area (Å²) in [5.74, 6) is 4.68. The van der Waals surface area contributed by atoms with Crippen LogP contribution in [0.2, 0.25) is 0 Å². The Balaban J connectivity index is 1.45. The molecule has 2 aliphatic carbocycles. The summed E-state index contributed by atoms with van der Waals surface area (Å²) < 4.78 is 2.31. The molecular formula is C29H44N8O3. The molecule has 4 fully saturated rings. The Morgan fingerprint density at radius 1 is 1.00 bits per heavy atom. The van der Waals surface area contributed by atoms with Gasteiger partial charge in [0.1, 0.15) is 11.3 Å². The second-order valence-electron chi connectivity index (χ2n) is 13.1. The van der Waals surface area contributed by atoms with Crippen molar-refractivity contribution in [1.29, 1.82) is 0 Å². The standard InChI is InChI=1S/C29H44N8O3/c1-15(2)20-12-21(31-22(38)13-20)28-34-25-23(37(28)14-18-10-8-16(3)9-11-18)24(30-17(4)19-6-5-7-19)32-26(33-25)27-35-29(39)40-36-27/h15-21,27,36H,5-14H2,1-4H3,(H,31,38)(H,35,39)(H,30,32,33)/t16?,17-,18?,20?,21?,27?/m1/s1. The average molecular weight is 553 g/mol. The summed E-state index contributed by atoms with van der Waals surface area (Å²) in [6.45, 7) is 9.78. The fraction of sp³-hybridized carbons (Fsp3) is 0.759. The molecule has 2 aromatic rings. The molecule has 11 heteroatoms. The summed E-state index contributed by atoms with van der Waals surface area (Å²) in [6, 6.07) is 0.0578. The molecule has 2 saturated heterocycles. The number of anilines is 1. The number of aromatic nitrogens is 4. The molecule has 2 amide bonds. The predicted molar refractivity (Wildman–Crippen MR) is 151 cm³/mol. The number of fused-ring (bicyclic) bond motifs is 1. The number of hydrogen-bond acceptors (Lipinski definition) is 8. The van der Waals surface area contributed by atoms with Crippen LogP contribution in [0.5, 0.6) is 0 Å². The number of imidazole rings is 1. The van der Waals surface area contributed by atoms with Crippen molar-refractivity contribution in [3.05, 3.63) is 11.6 Å². The van der Waals surface area contributed by atoms with Crippen molar-refractivity contribution >= 4 is 29.0 Å². The summed E-state index contributed by atoms with van der Waals surface area (Å²) in [5, 5.41) is 9.70. The van der Waals surface area contributed by atoms with E-state index in [0.29, 0.717) is 41.6 Å². The third-order valence-corrected chi connectivity index (χ3v) is 9.81. The molecule has 11 nitrogen and oxygen atoms in total. The van der Waals surface area contributed by atoms with Gasteiger partial charge in [0.2, 0.25) is 5.91 Å². The highest BCUT2D eigenvalue weighted by Crippen LogP contribution is 2.38. The number of carbonyl (C=O) groups excluding carboxylic acids is 2. The average Bonchev–Trinajstić information content (AvgIpc) is 3.47. The highest BCUT2D eigenvalue weighted by atomic mass is 16.7. The second-order valence-corrected chi connectivity index (χ2v) is 13.1. The highest BCUT2D eigenvalue weighted by molar-refractivity contribution is 5.85. The fourth-order valence-electron chi connectivity index (χ4n) is 6.81. The number of amides is 2. The van der Waals surface area contributed by atoms with E-state index in [4.69, 9.17) is 19.8 Å². The van der Waals surface area contributed by atoms with Crippen LogP contribution in [0.4, 0.5) is 10.6 Å². The van der Waals surface area contributed by atoms with Gasteiger partial charge in [-0.05, 0) is 68.6 Å². The minimum atomic E-state index is -0.662. The SMILES string of the molecule is CC1CCC(Cn2c(C3CC(C(C)C)CC(=O)N3)nc3nc(C4NOC(=O)N4)nc(N[C@H](C)C4CCC4)c32)CC1. The quantitative estimate of drug-likeness (QED) is 0.370. The molecule has 2 saturated carbocycles. The fourth-order valence-corrected chi connectivity index (χ4v) is 6.81. The number of nitrogens with zero attached hydrogens (tertiary/aromatic N) is 4. The van der Waals surface area contributed by atoms with Crippen LogP contribution in [0, 0.1) is 29.6 Å².